The van der Waals surface area contributed by atoms with E-state index in [9.17, 15) is 0 Å². The van der Waals surface area contributed by atoms with Crippen molar-refractivity contribution in [3.8, 4) is 0 Å². The molecule has 0 aliphatic rings. The third kappa shape index (κ3) is 11.4. The van der Waals surface area contributed by atoms with Gasteiger partial charge in [0.05, 0.1) is 0 Å². The Bertz CT molecular complexity index is 144. The third-order valence-electron chi connectivity index (χ3n) is 1.11. The van der Waals surface area contributed by atoms with E-state index in [0.717, 1.165) is 0 Å². The van der Waals surface area contributed by atoms with E-state index in [0.29, 0.717) is 0 Å². The van der Waals surface area contributed by atoms with Crippen molar-refractivity contribution in [1.82, 2.24) is 0 Å². The Balaban J connectivity index is -0.000000125. The molecule has 0 unspecified atom stereocenters. The van der Waals surface area contributed by atoms with Crippen molar-refractivity contribution >= 4 is 0 Å². The Hall–Kier alpha value is -0.612. The normalized spacial score (nSPS) is 6.15. The summed E-state index contributed by atoms with van der Waals surface area (Å²) >= 11 is 0. The maximum absolute atomic E-state index is 2.00. The van der Waals surface area contributed by atoms with Crippen molar-refractivity contribution in [3.05, 3.63) is 75.5 Å². The molecule has 0 fully saturated rings. The molecule has 1 heteroatoms. The molecule has 2 rings (SSSR count). The van der Waals surface area contributed by atoms with Crippen LogP contribution in [0.2, 0.25) is 0 Å². The first kappa shape index (κ1) is 18.2. The van der Waals surface area contributed by atoms with Gasteiger partial charge in [0.15, 0.2) is 0 Å². The van der Waals surface area contributed by atoms with E-state index in [1.54, 1.807) is 0 Å². The van der Waals surface area contributed by atoms with Crippen LogP contribution in [-0.4, -0.2) is 0 Å². The van der Waals surface area contributed by atoms with Crippen LogP contribution in [-0.2, 0) is 21.1 Å². The van der Waals surface area contributed by atoms with Gasteiger partial charge in [-0.3, -0.25) is 0 Å². The summed E-state index contributed by atoms with van der Waals surface area (Å²) < 4.78 is 0. The van der Waals surface area contributed by atoms with Crippen LogP contribution in [0.25, 0.3) is 0 Å². The molecule has 0 aliphatic heterocycles. The standard InChI is InChI=1S/2C5H5.2CH3.Mo/c2*1-2-4-5-3-1;;;/h2*1-5H;2*1H3;/q4*-1;+4. The molecule has 13 heavy (non-hydrogen) atoms. The summed E-state index contributed by atoms with van der Waals surface area (Å²) in [7, 11) is 0. The van der Waals surface area contributed by atoms with E-state index in [2.05, 4.69) is 0 Å². The van der Waals surface area contributed by atoms with E-state index in [-0.39, 0.29) is 35.9 Å². The van der Waals surface area contributed by atoms with Gasteiger partial charge in [0.25, 0.3) is 0 Å². The molecular formula is C12H16Mo. The van der Waals surface area contributed by atoms with Crippen molar-refractivity contribution in [2.45, 2.75) is 0 Å². The number of hydrogen-bond acceptors (Lipinski definition) is 0. The average Bonchev–Trinajstić information content (AvgIpc) is 2.67. The summed E-state index contributed by atoms with van der Waals surface area (Å²) in [6.07, 6.45) is 0. The largest absolute Gasteiger partial charge is 4.00 e. The van der Waals surface area contributed by atoms with Crippen LogP contribution in [0.15, 0.2) is 60.7 Å². The van der Waals surface area contributed by atoms with E-state index in [1.807, 2.05) is 60.7 Å². The monoisotopic (exact) mass is 258 g/mol. The molecular weight excluding hydrogens is 240 g/mol. The molecule has 0 atom stereocenters. The molecule has 0 amide bonds. The maximum Gasteiger partial charge on any atom is 4.00 e. The molecule has 0 nitrogen and oxygen atoms in total. The fourth-order valence-electron chi connectivity index (χ4n) is 0.642. The first-order valence-electron chi connectivity index (χ1n) is 3.33. The third-order valence-corrected chi connectivity index (χ3v) is 1.11. The van der Waals surface area contributed by atoms with Gasteiger partial charge in [-0.25, -0.2) is 24.3 Å². The maximum atomic E-state index is 2.00. The Morgan fingerprint density at radius 3 is 0.846 bits per heavy atom. The predicted molar refractivity (Wildman–Crippen MR) is 56.9 cm³/mol. The zero-order chi connectivity index (χ0) is 7.07. The molecule has 0 heterocycles. The Morgan fingerprint density at radius 1 is 0.538 bits per heavy atom. The Morgan fingerprint density at radius 2 is 0.769 bits per heavy atom. The van der Waals surface area contributed by atoms with E-state index in [1.165, 1.54) is 0 Å². The minimum absolute atomic E-state index is 0. The van der Waals surface area contributed by atoms with Gasteiger partial charge in [0, 0.05) is 0 Å². The molecule has 2 aromatic carbocycles. The molecule has 0 saturated carbocycles. The van der Waals surface area contributed by atoms with Crippen LogP contribution in [0.5, 0.6) is 0 Å². The molecule has 0 radical (unpaired) electrons. The second kappa shape index (κ2) is 13.9. The first-order valence-corrected chi connectivity index (χ1v) is 3.33. The van der Waals surface area contributed by atoms with Gasteiger partial charge in [-0.1, -0.05) is 0 Å². The van der Waals surface area contributed by atoms with Crippen molar-refractivity contribution < 1.29 is 21.1 Å². The Labute approximate surface area is 96.6 Å². The molecule has 2 aromatic rings. The van der Waals surface area contributed by atoms with Crippen molar-refractivity contribution in [2.24, 2.45) is 0 Å². The minimum atomic E-state index is 0. The van der Waals surface area contributed by atoms with Gasteiger partial charge < -0.3 is 14.9 Å². The van der Waals surface area contributed by atoms with E-state index in [4.69, 9.17) is 0 Å². The van der Waals surface area contributed by atoms with E-state index < -0.39 is 0 Å². The molecule has 0 aliphatic carbocycles. The topological polar surface area (TPSA) is 0 Å². The zero-order valence-corrected chi connectivity index (χ0v) is 10.2. The average molecular weight is 256 g/mol. The molecule has 0 bridgehead atoms. The van der Waals surface area contributed by atoms with Crippen LogP contribution < -0.4 is 0 Å². The van der Waals surface area contributed by atoms with Gasteiger partial charge in [-0.05, 0) is 0 Å². The van der Waals surface area contributed by atoms with Crippen molar-refractivity contribution in [1.29, 1.82) is 0 Å². The summed E-state index contributed by atoms with van der Waals surface area (Å²) in [6.45, 7) is 0. The van der Waals surface area contributed by atoms with Crippen molar-refractivity contribution in [3.63, 3.8) is 0 Å². The van der Waals surface area contributed by atoms with Crippen LogP contribution >= 0.6 is 0 Å². The summed E-state index contributed by atoms with van der Waals surface area (Å²) in [5.74, 6) is 0. The van der Waals surface area contributed by atoms with Gasteiger partial charge in [0.2, 0.25) is 0 Å². The first-order chi connectivity index (χ1) is 5.00. The minimum Gasteiger partial charge on any atom is -0.358 e. The summed E-state index contributed by atoms with van der Waals surface area (Å²) in [6, 6.07) is 20.0. The van der Waals surface area contributed by atoms with Gasteiger partial charge >= 0.3 is 21.1 Å². The number of rotatable bonds is 0. The van der Waals surface area contributed by atoms with Crippen LogP contribution in [0.3, 0.4) is 0 Å². The van der Waals surface area contributed by atoms with Gasteiger partial charge in [0.1, 0.15) is 0 Å². The summed E-state index contributed by atoms with van der Waals surface area (Å²) in [5, 5.41) is 0. The molecule has 0 spiro atoms. The van der Waals surface area contributed by atoms with E-state index >= 15 is 0 Å². The SMILES string of the molecule is [CH3-].[CH3-].[Mo+4].c1cc[cH-]c1.c1cc[cH-]c1. The summed E-state index contributed by atoms with van der Waals surface area (Å²) in [5.41, 5.74) is 0. The van der Waals surface area contributed by atoms with Crippen LogP contribution in [0, 0.1) is 14.9 Å². The zero-order valence-electron chi connectivity index (χ0n) is 8.18. The second-order valence-electron chi connectivity index (χ2n) is 1.92. The number of hydrogen-bond donors (Lipinski definition) is 0. The predicted octanol–water partition coefficient (Wildman–Crippen LogP) is 3.71. The van der Waals surface area contributed by atoms with Crippen LogP contribution in [0.1, 0.15) is 0 Å². The van der Waals surface area contributed by atoms with Gasteiger partial charge in [-0.15, -0.1) is 0 Å². The molecule has 70 valence electrons. The Kier molecular flexibility index (Phi) is 19.6. The van der Waals surface area contributed by atoms with Crippen LogP contribution in [0.4, 0.5) is 0 Å². The molecule has 0 saturated heterocycles. The fraction of sp³-hybridized carbons (Fsp3) is 0. The quantitative estimate of drug-likeness (QED) is 0.498. The fourth-order valence-corrected chi connectivity index (χ4v) is 0.642. The second-order valence-corrected chi connectivity index (χ2v) is 1.92. The van der Waals surface area contributed by atoms with Crippen molar-refractivity contribution in [2.75, 3.05) is 0 Å². The molecule has 0 N–H and O–H groups in total. The molecule has 0 aromatic heterocycles. The smallest absolute Gasteiger partial charge is 0.358 e. The van der Waals surface area contributed by atoms with Gasteiger partial charge in [-0.2, -0.15) is 36.4 Å². The summed E-state index contributed by atoms with van der Waals surface area (Å²) in [4.78, 5) is 0.